The molecule has 7 nitrogen and oxygen atoms in total. The number of piperidine rings is 1. The highest BCUT2D eigenvalue weighted by Gasteiger charge is 2.37. The third-order valence-corrected chi connectivity index (χ3v) is 6.55. The molecular weight excluding hydrogens is 364 g/mol. The fraction of sp³-hybridized carbons (Fsp3) is 0.625. The molecule has 4 aliphatic rings. The smallest absolute Gasteiger partial charge is 0.256 e. The van der Waals surface area contributed by atoms with Crippen molar-refractivity contribution in [3.8, 4) is 0 Å². The number of carbonyl (C=O) groups is 1. The maximum absolute atomic E-state index is 12.8. The lowest BCUT2D eigenvalue weighted by molar-refractivity contribution is -0.128. The van der Waals surface area contributed by atoms with Crippen molar-refractivity contribution in [2.75, 3.05) is 19.3 Å². The van der Waals surface area contributed by atoms with Gasteiger partial charge in [-0.3, -0.25) is 4.79 Å². The summed E-state index contributed by atoms with van der Waals surface area (Å²) in [5, 5.41) is 3.59. The van der Waals surface area contributed by atoms with Crippen molar-refractivity contribution in [2.45, 2.75) is 43.8 Å². The third kappa shape index (κ3) is 3.61. The van der Waals surface area contributed by atoms with E-state index in [4.69, 9.17) is 0 Å². The summed E-state index contributed by atoms with van der Waals surface area (Å²) in [4.78, 5) is 16.4. The number of carbonyl (C=O) groups excluding carboxylic acids is 1. The van der Waals surface area contributed by atoms with Gasteiger partial charge in [-0.15, -0.1) is 16.8 Å². The van der Waals surface area contributed by atoms with Gasteiger partial charge in [0.25, 0.3) is 15.9 Å². The molecular formula is C16H23ClN4O3S. The number of sulfonamides is 1. The van der Waals surface area contributed by atoms with E-state index >= 15 is 0 Å². The lowest BCUT2D eigenvalue weighted by Crippen LogP contribution is -2.49. The Hall–Kier alpha value is -1.38. The molecule has 2 bridgehead atoms. The first-order valence-corrected chi connectivity index (χ1v) is 10.0. The lowest BCUT2D eigenvalue weighted by Gasteiger charge is -2.36. The summed E-state index contributed by atoms with van der Waals surface area (Å²) in [5.74, 6) is 0.362. The van der Waals surface area contributed by atoms with E-state index < -0.39 is 10.0 Å². The monoisotopic (exact) mass is 386 g/mol. The maximum Gasteiger partial charge on any atom is 0.256 e. The molecule has 4 aliphatic heterocycles. The topological polar surface area (TPSA) is 82.1 Å². The van der Waals surface area contributed by atoms with Crippen molar-refractivity contribution >= 4 is 34.2 Å². The van der Waals surface area contributed by atoms with Gasteiger partial charge in [0.05, 0.1) is 11.3 Å². The van der Waals surface area contributed by atoms with Gasteiger partial charge in [0, 0.05) is 37.9 Å². The van der Waals surface area contributed by atoms with E-state index in [9.17, 15) is 13.2 Å². The summed E-state index contributed by atoms with van der Waals surface area (Å²) in [7, 11) is -1.49. The minimum Gasteiger partial charge on any atom is -0.339 e. The number of likely N-dealkylation sites (N-methyl/N-ethyl adjacent to an activating group) is 1. The van der Waals surface area contributed by atoms with Crippen LogP contribution in [0.5, 0.6) is 0 Å². The van der Waals surface area contributed by atoms with Gasteiger partial charge in [-0.2, -0.15) is 0 Å². The minimum absolute atomic E-state index is 0. The lowest BCUT2D eigenvalue weighted by atomic mass is 9.97. The molecule has 0 radical (unpaired) electrons. The summed E-state index contributed by atoms with van der Waals surface area (Å²) in [5.41, 5.74) is 0.585. The summed E-state index contributed by atoms with van der Waals surface area (Å²) >= 11 is 0. The number of rotatable bonds is 2. The Balaban J connectivity index is 0.00000182. The van der Waals surface area contributed by atoms with Gasteiger partial charge in [-0.05, 0) is 37.8 Å². The zero-order valence-electron chi connectivity index (χ0n) is 14.1. The fourth-order valence-corrected chi connectivity index (χ4v) is 5.01. The van der Waals surface area contributed by atoms with E-state index in [1.165, 1.54) is 12.8 Å². The van der Waals surface area contributed by atoms with Crippen molar-refractivity contribution in [1.29, 1.82) is 0 Å². The van der Waals surface area contributed by atoms with E-state index in [0.717, 1.165) is 12.8 Å². The Morgan fingerprint density at radius 1 is 1.28 bits per heavy atom. The second-order valence-corrected chi connectivity index (χ2v) is 8.78. The molecule has 0 aromatic rings. The molecule has 4 rings (SSSR count). The minimum atomic E-state index is -3.37. The summed E-state index contributed by atoms with van der Waals surface area (Å²) in [6, 6.07) is 1.33. The van der Waals surface area contributed by atoms with Crippen molar-refractivity contribution in [1.82, 2.24) is 15.1 Å². The van der Waals surface area contributed by atoms with Crippen LogP contribution < -0.4 is 5.32 Å². The first kappa shape index (κ1) is 18.4. The predicted octanol–water partition coefficient (Wildman–Crippen LogP) is 0.647. The Labute approximate surface area is 154 Å². The van der Waals surface area contributed by atoms with Gasteiger partial charge in [0.2, 0.25) is 0 Å². The molecule has 25 heavy (non-hydrogen) atoms. The molecule has 4 heterocycles. The summed E-state index contributed by atoms with van der Waals surface area (Å²) < 4.78 is 26.8. The molecule has 2 saturated heterocycles. The predicted molar refractivity (Wildman–Crippen MR) is 98.1 cm³/mol. The van der Waals surface area contributed by atoms with Crippen LogP contribution in [0, 0.1) is 0 Å². The van der Waals surface area contributed by atoms with Gasteiger partial charge in [0.15, 0.2) is 0 Å². The van der Waals surface area contributed by atoms with E-state index in [0.29, 0.717) is 30.0 Å². The molecule has 9 heteroatoms. The van der Waals surface area contributed by atoms with Crippen molar-refractivity contribution < 1.29 is 13.2 Å². The first-order valence-electron chi connectivity index (χ1n) is 8.44. The van der Waals surface area contributed by atoms with Crippen LogP contribution in [0.3, 0.4) is 0 Å². The Bertz CT molecular complexity index is 749. The molecule has 2 unspecified atom stereocenters. The molecule has 2 fully saturated rings. The Kier molecular flexibility index (Phi) is 4.96. The normalized spacial score (nSPS) is 32.2. The first-order chi connectivity index (χ1) is 11.4. The molecule has 0 spiro atoms. The highest BCUT2D eigenvalue weighted by molar-refractivity contribution is 7.90. The van der Waals surface area contributed by atoms with Crippen LogP contribution in [0.1, 0.15) is 25.7 Å². The molecule has 1 N–H and O–H groups in total. The van der Waals surface area contributed by atoms with Crippen molar-refractivity contribution in [3.05, 3.63) is 23.9 Å². The summed E-state index contributed by atoms with van der Waals surface area (Å²) in [6.45, 7) is 0.337. The molecule has 138 valence electrons. The second-order valence-electron chi connectivity index (χ2n) is 7.03. The largest absolute Gasteiger partial charge is 0.339 e. The average molecular weight is 387 g/mol. The van der Waals surface area contributed by atoms with E-state index in [2.05, 4.69) is 9.71 Å². The zero-order valence-corrected chi connectivity index (χ0v) is 15.7. The van der Waals surface area contributed by atoms with Crippen LogP contribution in [0.4, 0.5) is 0 Å². The van der Waals surface area contributed by atoms with E-state index in [-0.39, 0.29) is 30.1 Å². The number of hydrogen-bond acceptors (Lipinski definition) is 5. The number of halogens is 1. The van der Waals surface area contributed by atoms with Crippen LogP contribution in [0.2, 0.25) is 0 Å². The fourth-order valence-electron chi connectivity index (χ4n) is 4.04. The molecule has 2 atom stereocenters. The van der Waals surface area contributed by atoms with E-state index in [1.807, 2.05) is 11.9 Å². The molecule has 1 amide bonds. The van der Waals surface area contributed by atoms with Gasteiger partial charge in [-0.25, -0.2) is 8.42 Å². The van der Waals surface area contributed by atoms with Gasteiger partial charge < -0.3 is 15.1 Å². The Morgan fingerprint density at radius 3 is 2.64 bits per heavy atom. The number of nitrogens with one attached hydrogen (secondary N) is 1. The van der Waals surface area contributed by atoms with Crippen LogP contribution >= 0.6 is 12.4 Å². The highest BCUT2D eigenvalue weighted by Crippen LogP contribution is 2.30. The number of fused-ring (bicyclic) bond motifs is 3. The summed E-state index contributed by atoms with van der Waals surface area (Å²) in [6.07, 6.45) is 9.42. The van der Waals surface area contributed by atoms with Crippen LogP contribution in [0.25, 0.3) is 0 Å². The van der Waals surface area contributed by atoms with Crippen molar-refractivity contribution in [3.63, 3.8) is 0 Å². The van der Waals surface area contributed by atoms with Crippen molar-refractivity contribution in [2.24, 2.45) is 4.40 Å². The molecule has 0 saturated carbocycles. The number of amidine groups is 1. The number of amides is 1. The average Bonchev–Trinajstić information content (AvgIpc) is 2.90. The van der Waals surface area contributed by atoms with Crippen LogP contribution in [-0.2, 0) is 14.8 Å². The molecule has 0 aliphatic carbocycles. The quantitative estimate of drug-likeness (QED) is 0.753. The number of nitrogens with zero attached hydrogens (tertiary/aromatic N) is 3. The highest BCUT2D eigenvalue weighted by atomic mass is 35.5. The zero-order chi connectivity index (χ0) is 16.9. The maximum atomic E-state index is 12.8. The third-order valence-electron chi connectivity index (χ3n) is 5.39. The van der Waals surface area contributed by atoms with Crippen LogP contribution in [-0.4, -0.2) is 67.4 Å². The molecule has 0 aromatic carbocycles. The standard InChI is InChI=1S/C16H22N4O3S.ClH/c1-19(14-8-12-3-4-13(9-14)17-12)16(21)11-2-5-15-18-24(22,23)7-6-20(15)10-11;/h2,5,10,12-14,17H,3-4,6-9H2,1H3;1H. The van der Waals surface area contributed by atoms with E-state index in [1.54, 1.807) is 23.3 Å². The second kappa shape index (κ2) is 6.74. The molecule has 0 aromatic heterocycles. The van der Waals surface area contributed by atoms with Gasteiger partial charge >= 0.3 is 0 Å². The van der Waals surface area contributed by atoms with Gasteiger partial charge in [0.1, 0.15) is 5.84 Å². The van der Waals surface area contributed by atoms with Crippen LogP contribution in [0.15, 0.2) is 28.3 Å². The number of hydrogen-bond donors (Lipinski definition) is 1. The Morgan fingerprint density at radius 2 is 1.96 bits per heavy atom. The SMILES string of the molecule is CN(C(=O)C1=CN2CCS(=O)(=O)N=C2C=C1)C1CC2CCC(C1)N2.Cl. The van der Waals surface area contributed by atoms with Gasteiger partial charge in [-0.1, -0.05) is 0 Å².